The molecule has 0 spiro atoms. The lowest BCUT2D eigenvalue weighted by atomic mass is 10.2. The predicted molar refractivity (Wildman–Crippen MR) is 87.1 cm³/mol. The van der Waals surface area contributed by atoms with E-state index < -0.39 is 0 Å². The molecule has 1 aromatic carbocycles. The molecule has 0 bridgehead atoms. The van der Waals surface area contributed by atoms with Gasteiger partial charge in [-0.05, 0) is 17.7 Å². The Hall–Kier alpha value is -1.20. The fourth-order valence-electron chi connectivity index (χ4n) is 2.10. The molecule has 1 aromatic heterocycles. The van der Waals surface area contributed by atoms with E-state index in [1.54, 1.807) is 12.1 Å². The lowest BCUT2D eigenvalue weighted by Crippen LogP contribution is -2.28. The van der Waals surface area contributed by atoms with Crippen LogP contribution in [-0.2, 0) is 6.54 Å². The highest BCUT2D eigenvalue weighted by atomic mass is 35.5. The SMILES string of the molecule is O=C(CCN(CCO)Cc1ccccc1)c1ccc(Cl)s1. The highest BCUT2D eigenvalue weighted by Gasteiger charge is 2.12. The summed E-state index contributed by atoms with van der Waals surface area (Å²) in [6, 6.07) is 13.6. The zero-order valence-corrected chi connectivity index (χ0v) is 13.2. The van der Waals surface area contributed by atoms with Gasteiger partial charge in [-0.2, -0.15) is 0 Å². The van der Waals surface area contributed by atoms with Crippen LogP contribution in [0.25, 0.3) is 0 Å². The summed E-state index contributed by atoms with van der Waals surface area (Å²) in [4.78, 5) is 14.9. The molecule has 2 aromatic rings. The molecule has 0 saturated heterocycles. The Kier molecular flexibility index (Phi) is 6.39. The van der Waals surface area contributed by atoms with Crippen LogP contribution in [0.15, 0.2) is 42.5 Å². The van der Waals surface area contributed by atoms with Crippen LogP contribution in [0.4, 0.5) is 0 Å². The van der Waals surface area contributed by atoms with Crippen LogP contribution in [0, 0.1) is 0 Å². The maximum atomic E-state index is 12.1. The first kappa shape index (κ1) is 16.2. The Morgan fingerprint density at radius 2 is 1.90 bits per heavy atom. The number of hydrogen-bond donors (Lipinski definition) is 1. The molecule has 1 heterocycles. The second-order valence-electron chi connectivity index (χ2n) is 4.76. The van der Waals surface area contributed by atoms with Crippen molar-refractivity contribution in [2.75, 3.05) is 19.7 Å². The number of nitrogens with zero attached hydrogens (tertiary/aromatic N) is 1. The minimum absolute atomic E-state index is 0.0891. The maximum Gasteiger partial charge on any atom is 0.174 e. The number of benzene rings is 1. The molecular weight excluding hydrogens is 306 g/mol. The molecule has 0 aliphatic heterocycles. The van der Waals surface area contributed by atoms with Crippen molar-refractivity contribution in [3.8, 4) is 0 Å². The third-order valence-corrected chi connectivity index (χ3v) is 4.44. The van der Waals surface area contributed by atoms with E-state index >= 15 is 0 Å². The van der Waals surface area contributed by atoms with Crippen LogP contribution in [0.5, 0.6) is 0 Å². The van der Waals surface area contributed by atoms with Gasteiger partial charge in [-0.3, -0.25) is 9.69 Å². The lowest BCUT2D eigenvalue weighted by Gasteiger charge is -2.20. The number of carbonyl (C=O) groups is 1. The highest BCUT2D eigenvalue weighted by molar-refractivity contribution is 7.18. The second-order valence-corrected chi connectivity index (χ2v) is 6.48. The van der Waals surface area contributed by atoms with Crippen molar-refractivity contribution in [2.24, 2.45) is 0 Å². The summed E-state index contributed by atoms with van der Waals surface area (Å²) in [6.45, 7) is 2.02. The molecule has 5 heteroatoms. The molecule has 112 valence electrons. The van der Waals surface area contributed by atoms with Gasteiger partial charge in [0.1, 0.15) is 0 Å². The van der Waals surface area contributed by atoms with E-state index in [0.717, 1.165) is 6.54 Å². The van der Waals surface area contributed by atoms with Crippen LogP contribution in [0.2, 0.25) is 4.34 Å². The Balaban J connectivity index is 1.89. The van der Waals surface area contributed by atoms with Gasteiger partial charge in [0.2, 0.25) is 0 Å². The summed E-state index contributed by atoms with van der Waals surface area (Å²) in [5.41, 5.74) is 1.18. The summed E-state index contributed by atoms with van der Waals surface area (Å²) in [6.07, 6.45) is 0.434. The molecule has 0 amide bonds. The smallest absolute Gasteiger partial charge is 0.174 e. The Bertz CT molecular complexity index is 571. The second kappa shape index (κ2) is 8.29. The number of thiophene rings is 1. The summed E-state index contributed by atoms with van der Waals surface area (Å²) >= 11 is 7.16. The molecule has 0 radical (unpaired) electrons. The molecule has 21 heavy (non-hydrogen) atoms. The number of halogens is 1. The number of rotatable bonds is 8. The molecule has 2 rings (SSSR count). The van der Waals surface area contributed by atoms with Gasteiger partial charge < -0.3 is 5.11 Å². The first-order valence-electron chi connectivity index (χ1n) is 6.84. The Morgan fingerprint density at radius 3 is 2.52 bits per heavy atom. The third kappa shape index (κ3) is 5.25. The van der Waals surface area contributed by atoms with Crippen LogP contribution >= 0.6 is 22.9 Å². The fourth-order valence-corrected chi connectivity index (χ4v) is 3.11. The summed E-state index contributed by atoms with van der Waals surface area (Å²) < 4.78 is 0.634. The zero-order chi connectivity index (χ0) is 15.1. The van der Waals surface area contributed by atoms with Gasteiger partial charge in [-0.15, -0.1) is 11.3 Å². The fraction of sp³-hybridized carbons (Fsp3) is 0.312. The maximum absolute atomic E-state index is 12.1. The number of hydrogen-bond acceptors (Lipinski definition) is 4. The van der Waals surface area contributed by atoms with Crippen molar-refractivity contribution in [3.05, 3.63) is 57.2 Å². The van der Waals surface area contributed by atoms with Crippen molar-refractivity contribution in [2.45, 2.75) is 13.0 Å². The van der Waals surface area contributed by atoms with Gasteiger partial charge in [0.15, 0.2) is 5.78 Å². The van der Waals surface area contributed by atoms with Gasteiger partial charge >= 0.3 is 0 Å². The normalized spacial score (nSPS) is 11.0. The van der Waals surface area contributed by atoms with Gasteiger partial charge in [-0.1, -0.05) is 41.9 Å². The van der Waals surface area contributed by atoms with Gasteiger partial charge in [0, 0.05) is 26.1 Å². The summed E-state index contributed by atoms with van der Waals surface area (Å²) in [5, 5.41) is 9.16. The van der Waals surface area contributed by atoms with Crippen LogP contribution in [0.3, 0.4) is 0 Å². The molecule has 1 N–H and O–H groups in total. The van der Waals surface area contributed by atoms with Crippen molar-refractivity contribution in [1.29, 1.82) is 0 Å². The average molecular weight is 324 g/mol. The molecule has 0 saturated carbocycles. The molecule has 0 unspecified atom stereocenters. The van der Waals surface area contributed by atoms with E-state index in [0.29, 0.717) is 28.7 Å². The van der Waals surface area contributed by atoms with E-state index in [4.69, 9.17) is 16.7 Å². The van der Waals surface area contributed by atoms with Gasteiger partial charge in [0.25, 0.3) is 0 Å². The van der Waals surface area contributed by atoms with E-state index in [1.165, 1.54) is 16.9 Å². The number of aliphatic hydroxyl groups is 1. The van der Waals surface area contributed by atoms with Crippen LogP contribution in [-0.4, -0.2) is 35.5 Å². The first-order valence-corrected chi connectivity index (χ1v) is 8.04. The third-order valence-electron chi connectivity index (χ3n) is 3.17. The molecule has 0 aliphatic carbocycles. The zero-order valence-electron chi connectivity index (χ0n) is 11.7. The first-order chi connectivity index (χ1) is 10.2. The molecule has 0 aliphatic rings. The lowest BCUT2D eigenvalue weighted by molar-refractivity contribution is 0.0958. The monoisotopic (exact) mass is 323 g/mol. The van der Waals surface area contributed by atoms with Gasteiger partial charge in [-0.25, -0.2) is 0 Å². The molecule has 0 fully saturated rings. The highest BCUT2D eigenvalue weighted by Crippen LogP contribution is 2.22. The number of aliphatic hydroxyl groups excluding tert-OH is 1. The largest absolute Gasteiger partial charge is 0.395 e. The van der Waals surface area contributed by atoms with Crippen LogP contribution in [0.1, 0.15) is 21.7 Å². The van der Waals surface area contributed by atoms with Gasteiger partial charge in [0.05, 0.1) is 15.8 Å². The Labute approximate surface area is 133 Å². The number of carbonyl (C=O) groups excluding carboxylic acids is 1. The summed E-state index contributed by atoms with van der Waals surface area (Å²) in [5.74, 6) is 0.0999. The van der Waals surface area contributed by atoms with E-state index in [2.05, 4.69) is 4.90 Å². The summed E-state index contributed by atoms with van der Waals surface area (Å²) in [7, 11) is 0. The average Bonchev–Trinajstić information content (AvgIpc) is 2.92. The molecular formula is C16H18ClNO2S. The van der Waals surface area contributed by atoms with Crippen molar-refractivity contribution < 1.29 is 9.90 Å². The quantitative estimate of drug-likeness (QED) is 0.756. The van der Waals surface area contributed by atoms with E-state index in [1.807, 2.05) is 30.3 Å². The van der Waals surface area contributed by atoms with Crippen molar-refractivity contribution in [3.63, 3.8) is 0 Å². The number of Topliss-reactive ketones (excluding diaryl/α,β-unsaturated/α-hetero) is 1. The Morgan fingerprint density at radius 1 is 1.14 bits per heavy atom. The standard InChI is InChI=1S/C16H18ClNO2S/c17-16-7-6-15(21-16)14(20)8-9-18(10-11-19)12-13-4-2-1-3-5-13/h1-7,19H,8-12H2. The van der Waals surface area contributed by atoms with E-state index in [9.17, 15) is 4.79 Å². The topological polar surface area (TPSA) is 40.5 Å². The van der Waals surface area contributed by atoms with Crippen molar-refractivity contribution >= 4 is 28.7 Å². The number of ketones is 1. The molecule has 3 nitrogen and oxygen atoms in total. The van der Waals surface area contributed by atoms with Crippen molar-refractivity contribution in [1.82, 2.24) is 4.90 Å². The van der Waals surface area contributed by atoms with Crippen LogP contribution < -0.4 is 0 Å². The predicted octanol–water partition coefficient (Wildman–Crippen LogP) is 3.47. The minimum atomic E-state index is 0.0891. The van der Waals surface area contributed by atoms with E-state index in [-0.39, 0.29) is 12.4 Å². The minimum Gasteiger partial charge on any atom is -0.395 e. The molecule has 0 atom stereocenters.